The molecule has 168 valence electrons. The number of nitrogens with zero attached hydrogens (tertiary/aromatic N) is 1. The molecule has 0 aromatic heterocycles. The molecular weight excluding hydrogens is 408 g/mol. The zero-order valence-corrected chi connectivity index (χ0v) is 19.7. The van der Waals surface area contributed by atoms with Crippen molar-refractivity contribution in [2.45, 2.75) is 47.0 Å². The van der Waals surface area contributed by atoms with Gasteiger partial charge in [0, 0.05) is 5.69 Å². The van der Waals surface area contributed by atoms with E-state index in [1.165, 1.54) is 10.5 Å². The summed E-state index contributed by atoms with van der Waals surface area (Å²) in [7, 11) is 0. The molecule has 4 heteroatoms. The SMILES string of the molecule is CCCCc1ccc(N2C(=O)C(Nc3cc(C)cc(C)c3)=C(c3ccc(C)cc3)C2=O)cc1. The summed E-state index contributed by atoms with van der Waals surface area (Å²) in [6.45, 7) is 8.20. The van der Waals surface area contributed by atoms with Crippen LogP contribution in [0.4, 0.5) is 11.4 Å². The van der Waals surface area contributed by atoms with Crippen molar-refractivity contribution >= 4 is 28.8 Å². The van der Waals surface area contributed by atoms with Crippen LogP contribution in [-0.4, -0.2) is 11.8 Å². The van der Waals surface area contributed by atoms with Crippen molar-refractivity contribution in [3.63, 3.8) is 0 Å². The predicted molar refractivity (Wildman–Crippen MR) is 135 cm³/mol. The topological polar surface area (TPSA) is 49.4 Å². The van der Waals surface area contributed by atoms with Crippen LogP contribution in [-0.2, 0) is 16.0 Å². The van der Waals surface area contributed by atoms with E-state index >= 15 is 0 Å². The smallest absolute Gasteiger partial charge is 0.282 e. The maximum Gasteiger partial charge on any atom is 0.282 e. The normalized spacial score (nSPS) is 13.8. The second kappa shape index (κ2) is 9.45. The zero-order chi connectivity index (χ0) is 23.5. The molecule has 0 atom stereocenters. The van der Waals surface area contributed by atoms with Crippen LogP contribution in [0, 0.1) is 20.8 Å². The van der Waals surface area contributed by atoms with E-state index in [-0.39, 0.29) is 11.8 Å². The van der Waals surface area contributed by atoms with Gasteiger partial charge in [-0.25, -0.2) is 4.90 Å². The first-order valence-electron chi connectivity index (χ1n) is 11.5. The molecular formula is C29H30N2O2. The summed E-state index contributed by atoms with van der Waals surface area (Å²) in [5.74, 6) is -0.645. The Labute approximate surface area is 195 Å². The van der Waals surface area contributed by atoms with Crippen LogP contribution in [0.25, 0.3) is 5.57 Å². The van der Waals surface area contributed by atoms with Crippen molar-refractivity contribution < 1.29 is 9.59 Å². The Hall–Kier alpha value is -3.66. The van der Waals surface area contributed by atoms with Gasteiger partial charge in [0.2, 0.25) is 0 Å². The molecule has 1 aliphatic rings. The number of carbonyl (C=O) groups is 2. The Bertz CT molecular complexity index is 1200. The van der Waals surface area contributed by atoms with Crippen LogP contribution in [0.3, 0.4) is 0 Å². The minimum atomic E-state index is -0.337. The summed E-state index contributed by atoms with van der Waals surface area (Å²) < 4.78 is 0. The number of anilines is 2. The minimum absolute atomic E-state index is 0.308. The number of nitrogens with one attached hydrogen (secondary N) is 1. The number of aryl methyl sites for hydroxylation is 4. The third-order valence-electron chi connectivity index (χ3n) is 5.93. The van der Waals surface area contributed by atoms with Gasteiger partial charge >= 0.3 is 0 Å². The number of imide groups is 1. The first-order valence-corrected chi connectivity index (χ1v) is 11.5. The summed E-state index contributed by atoms with van der Waals surface area (Å²) in [5.41, 5.74) is 7.31. The summed E-state index contributed by atoms with van der Waals surface area (Å²) in [6, 6.07) is 21.5. The van der Waals surface area contributed by atoms with Crippen molar-refractivity contribution in [3.05, 3.63) is 100 Å². The lowest BCUT2D eigenvalue weighted by Gasteiger charge is -2.16. The van der Waals surface area contributed by atoms with Gasteiger partial charge in [0.1, 0.15) is 5.70 Å². The summed E-state index contributed by atoms with van der Waals surface area (Å²) in [6.07, 6.45) is 3.23. The van der Waals surface area contributed by atoms with Gasteiger partial charge < -0.3 is 5.32 Å². The highest BCUT2D eigenvalue weighted by atomic mass is 16.2. The van der Waals surface area contributed by atoms with Crippen molar-refractivity contribution in [2.75, 3.05) is 10.2 Å². The zero-order valence-electron chi connectivity index (χ0n) is 19.7. The fourth-order valence-corrected chi connectivity index (χ4v) is 4.25. The minimum Gasteiger partial charge on any atom is -0.350 e. The van der Waals surface area contributed by atoms with Gasteiger partial charge in [-0.15, -0.1) is 0 Å². The van der Waals surface area contributed by atoms with Gasteiger partial charge in [-0.2, -0.15) is 0 Å². The number of unbranched alkanes of at least 4 members (excludes halogenated alkanes) is 1. The Morgan fingerprint density at radius 1 is 0.758 bits per heavy atom. The van der Waals surface area contributed by atoms with E-state index < -0.39 is 0 Å². The summed E-state index contributed by atoms with van der Waals surface area (Å²) in [4.78, 5) is 28.5. The average Bonchev–Trinajstić information content (AvgIpc) is 3.02. The number of rotatable bonds is 7. The molecule has 4 nitrogen and oxygen atoms in total. The Morgan fingerprint density at radius 2 is 1.39 bits per heavy atom. The number of amides is 2. The molecule has 4 rings (SSSR count). The summed E-state index contributed by atoms with van der Waals surface area (Å²) >= 11 is 0. The van der Waals surface area contributed by atoms with Crippen LogP contribution in [0.15, 0.2) is 72.4 Å². The van der Waals surface area contributed by atoms with Gasteiger partial charge in [-0.05, 0) is 80.1 Å². The van der Waals surface area contributed by atoms with Gasteiger partial charge in [0.15, 0.2) is 0 Å². The maximum absolute atomic E-state index is 13.6. The third kappa shape index (κ3) is 4.75. The highest BCUT2D eigenvalue weighted by molar-refractivity contribution is 6.46. The van der Waals surface area contributed by atoms with E-state index in [0.717, 1.165) is 47.2 Å². The van der Waals surface area contributed by atoms with Crippen LogP contribution in [0.2, 0.25) is 0 Å². The molecule has 1 N–H and O–H groups in total. The third-order valence-corrected chi connectivity index (χ3v) is 5.93. The van der Waals surface area contributed by atoms with Crippen LogP contribution >= 0.6 is 0 Å². The molecule has 33 heavy (non-hydrogen) atoms. The highest BCUT2D eigenvalue weighted by Gasteiger charge is 2.40. The first kappa shape index (κ1) is 22.5. The molecule has 0 aliphatic carbocycles. The molecule has 0 bridgehead atoms. The van der Waals surface area contributed by atoms with E-state index in [2.05, 4.69) is 18.3 Å². The van der Waals surface area contributed by atoms with Gasteiger partial charge in [0.25, 0.3) is 11.8 Å². The Kier molecular flexibility index (Phi) is 6.45. The molecule has 0 spiro atoms. The van der Waals surface area contributed by atoms with Crippen molar-refractivity contribution in [2.24, 2.45) is 0 Å². The second-order valence-corrected chi connectivity index (χ2v) is 8.83. The molecule has 0 radical (unpaired) electrons. The number of hydrogen-bond acceptors (Lipinski definition) is 3. The molecule has 3 aromatic rings. The van der Waals surface area contributed by atoms with Crippen LogP contribution < -0.4 is 10.2 Å². The number of carbonyl (C=O) groups excluding carboxylic acids is 2. The summed E-state index contributed by atoms with van der Waals surface area (Å²) in [5, 5.41) is 3.27. The van der Waals surface area contributed by atoms with Gasteiger partial charge in [0.05, 0.1) is 11.3 Å². The first-order chi connectivity index (χ1) is 15.9. The highest BCUT2D eigenvalue weighted by Crippen LogP contribution is 2.34. The predicted octanol–water partition coefficient (Wildman–Crippen LogP) is 6.35. The van der Waals surface area contributed by atoms with Crippen molar-refractivity contribution in [1.29, 1.82) is 0 Å². The van der Waals surface area contributed by atoms with Gasteiger partial charge in [-0.1, -0.05) is 61.4 Å². The lowest BCUT2D eigenvalue weighted by molar-refractivity contribution is -0.120. The largest absolute Gasteiger partial charge is 0.350 e. The number of benzene rings is 3. The van der Waals surface area contributed by atoms with Crippen molar-refractivity contribution in [3.8, 4) is 0 Å². The molecule has 0 saturated heterocycles. The molecule has 0 unspecified atom stereocenters. The molecule has 1 heterocycles. The van der Waals surface area contributed by atoms with E-state index in [0.29, 0.717) is 17.0 Å². The van der Waals surface area contributed by atoms with E-state index in [4.69, 9.17) is 0 Å². The van der Waals surface area contributed by atoms with E-state index in [1.54, 1.807) is 0 Å². The quantitative estimate of drug-likeness (QED) is 0.437. The average molecular weight is 439 g/mol. The van der Waals surface area contributed by atoms with Crippen LogP contribution in [0.1, 0.15) is 47.6 Å². The molecule has 3 aromatic carbocycles. The van der Waals surface area contributed by atoms with E-state index in [1.807, 2.05) is 81.4 Å². The number of hydrogen-bond donors (Lipinski definition) is 1. The molecule has 1 aliphatic heterocycles. The fraction of sp³-hybridized carbons (Fsp3) is 0.241. The standard InChI is InChI=1S/C29H30N2O2/c1-5-6-7-22-10-14-25(15-11-22)31-28(32)26(23-12-8-19(2)9-13-23)27(29(31)33)30-24-17-20(3)16-21(4)18-24/h8-18,30H,5-7H2,1-4H3. The molecule has 0 saturated carbocycles. The lowest BCUT2D eigenvalue weighted by atomic mass is 10.0. The fourth-order valence-electron chi connectivity index (χ4n) is 4.25. The second-order valence-electron chi connectivity index (χ2n) is 8.83. The monoisotopic (exact) mass is 438 g/mol. The molecule has 0 fully saturated rings. The lowest BCUT2D eigenvalue weighted by Crippen LogP contribution is -2.32. The Morgan fingerprint density at radius 3 is 2.00 bits per heavy atom. The Balaban J connectivity index is 1.74. The van der Waals surface area contributed by atoms with Gasteiger partial charge in [-0.3, -0.25) is 9.59 Å². The van der Waals surface area contributed by atoms with Crippen molar-refractivity contribution in [1.82, 2.24) is 0 Å². The van der Waals surface area contributed by atoms with Crippen LogP contribution in [0.5, 0.6) is 0 Å². The molecule has 2 amide bonds. The maximum atomic E-state index is 13.6. The van der Waals surface area contributed by atoms with E-state index in [9.17, 15) is 9.59 Å².